The van der Waals surface area contributed by atoms with E-state index in [9.17, 15) is 13.2 Å². The lowest BCUT2D eigenvalue weighted by Gasteiger charge is -2.25. The van der Waals surface area contributed by atoms with Gasteiger partial charge in [0.25, 0.3) is 0 Å². The van der Waals surface area contributed by atoms with Crippen molar-refractivity contribution < 1.29 is 17.9 Å². The predicted molar refractivity (Wildman–Crippen MR) is 75.8 cm³/mol. The molecule has 1 saturated carbocycles. The molecular weight excluding hydrogens is 280 g/mol. The largest absolute Gasteiger partial charge is 0.466 e. The van der Waals surface area contributed by atoms with Gasteiger partial charge < -0.3 is 10.1 Å². The molecule has 1 unspecified atom stereocenters. The fraction of sp³-hybridized carbons (Fsp3) is 0.923. The van der Waals surface area contributed by atoms with E-state index in [0.717, 1.165) is 32.2 Å². The Bertz CT molecular complexity index is 428. The molecule has 0 radical (unpaired) electrons. The van der Waals surface area contributed by atoms with Gasteiger partial charge in [-0.25, -0.2) is 8.42 Å². The molecule has 1 N–H and O–H groups in total. The molecule has 0 aromatic rings. The first-order valence-electron chi connectivity index (χ1n) is 7.41. The van der Waals surface area contributed by atoms with Gasteiger partial charge in [0, 0.05) is 18.6 Å². The number of nitrogens with one attached hydrogen (secondary N) is 1. The number of hydrogen-bond donors (Lipinski definition) is 1. The van der Waals surface area contributed by atoms with Crippen molar-refractivity contribution in [3.63, 3.8) is 0 Å². The van der Waals surface area contributed by atoms with Gasteiger partial charge in [0.1, 0.15) is 0 Å². The number of sulfonamides is 1. The predicted octanol–water partition coefficient (Wildman–Crippen LogP) is 0.486. The fourth-order valence-electron chi connectivity index (χ4n) is 2.54. The molecule has 1 atom stereocenters. The number of rotatable bonds is 8. The smallest absolute Gasteiger partial charge is 0.306 e. The van der Waals surface area contributed by atoms with Gasteiger partial charge in [0.15, 0.2) is 0 Å². The molecule has 0 spiro atoms. The number of carbonyl (C=O) groups is 1. The fourth-order valence-corrected chi connectivity index (χ4v) is 4.28. The average molecular weight is 304 g/mol. The minimum absolute atomic E-state index is 0.0580. The van der Waals surface area contributed by atoms with Crippen LogP contribution < -0.4 is 5.32 Å². The van der Waals surface area contributed by atoms with Crippen molar-refractivity contribution in [3.05, 3.63) is 0 Å². The van der Waals surface area contributed by atoms with E-state index in [2.05, 4.69) is 5.32 Å². The van der Waals surface area contributed by atoms with Crippen molar-refractivity contribution in [2.75, 3.05) is 25.4 Å². The van der Waals surface area contributed by atoms with E-state index in [1.807, 2.05) is 0 Å². The molecule has 1 heterocycles. The average Bonchev–Trinajstić information content (AvgIpc) is 3.10. The molecule has 2 aliphatic rings. The molecule has 0 aromatic heterocycles. The Morgan fingerprint density at radius 1 is 1.35 bits per heavy atom. The third-order valence-electron chi connectivity index (χ3n) is 3.74. The lowest BCUT2D eigenvalue weighted by molar-refractivity contribution is -0.142. The second-order valence-electron chi connectivity index (χ2n) is 5.47. The summed E-state index contributed by atoms with van der Waals surface area (Å²) in [6.45, 7) is 3.51. The third kappa shape index (κ3) is 4.43. The maximum absolute atomic E-state index is 12.4. The Labute approximate surface area is 120 Å². The monoisotopic (exact) mass is 304 g/mol. The molecule has 0 amide bonds. The number of hydrogen-bond acceptors (Lipinski definition) is 5. The van der Waals surface area contributed by atoms with E-state index in [4.69, 9.17) is 4.74 Å². The van der Waals surface area contributed by atoms with Crippen molar-refractivity contribution >= 4 is 16.0 Å². The van der Waals surface area contributed by atoms with Gasteiger partial charge in [-0.1, -0.05) is 0 Å². The van der Waals surface area contributed by atoms with Crippen LogP contribution >= 0.6 is 0 Å². The summed E-state index contributed by atoms with van der Waals surface area (Å²) in [5, 5.41) is 3.33. The molecule has 2 rings (SSSR count). The van der Waals surface area contributed by atoms with E-state index in [1.54, 1.807) is 11.2 Å². The van der Waals surface area contributed by atoms with Crippen LogP contribution in [0.2, 0.25) is 0 Å². The van der Waals surface area contributed by atoms with E-state index in [0.29, 0.717) is 6.54 Å². The van der Waals surface area contributed by atoms with Crippen LogP contribution in [0.25, 0.3) is 0 Å². The summed E-state index contributed by atoms with van der Waals surface area (Å²) < 4.78 is 31.2. The van der Waals surface area contributed by atoms with Crippen molar-refractivity contribution in [2.24, 2.45) is 0 Å². The van der Waals surface area contributed by atoms with Gasteiger partial charge in [-0.3, -0.25) is 4.79 Å². The first-order valence-corrected chi connectivity index (χ1v) is 9.02. The lowest BCUT2D eigenvalue weighted by Crippen LogP contribution is -2.43. The minimum Gasteiger partial charge on any atom is -0.466 e. The highest BCUT2D eigenvalue weighted by Gasteiger charge is 2.38. The highest BCUT2D eigenvalue weighted by Crippen LogP contribution is 2.30. The van der Waals surface area contributed by atoms with Gasteiger partial charge in [-0.05, 0) is 39.2 Å². The molecule has 1 saturated heterocycles. The summed E-state index contributed by atoms with van der Waals surface area (Å²) in [5.74, 6) is -0.583. The van der Waals surface area contributed by atoms with Crippen molar-refractivity contribution in [1.82, 2.24) is 9.62 Å². The van der Waals surface area contributed by atoms with Gasteiger partial charge in [0.05, 0.1) is 18.8 Å². The normalized spacial score (nSPS) is 23.2. The Balaban J connectivity index is 1.90. The molecule has 20 heavy (non-hydrogen) atoms. The third-order valence-corrected chi connectivity index (χ3v) is 5.63. The van der Waals surface area contributed by atoms with Crippen LogP contribution in [0.1, 0.15) is 39.0 Å². The Hall–Kier alpha value is -0.660. The Kier molecular flexibility index (Phi) is 5.40. The van der Waals surface area contributed by atoms with Gasteiger partial charge in [-0.15, -0.1) is 0 Å². The molecule has 2 fully saturated rings. The molecule has 7 heteroatoms. The molecule has 1 aliphatic carbocycles. The molecule has 0 aromatic carbocycles. The van der Waals surface area contributed by atoms with Crippen LogP contribution in [-0.2, 0) is 19.6 Å². The highest BCUT2D eigenvalue weighted by molar-refractivity contribution is 7.89. The van der Waals surface area contributed by atoms with Crippen LogP contribution in [0.5, 0.6) is 0 Å². The van der Waals surface area contributed by atoms with E-state index in [-0.39, 0.29) is 30.9 Å². The summed E-state index contributed by atoms with van der Waals surface area (Å²) in [6.07, 6.45) is 3.94. The topological polar surface area (TPSA) is 75.7 Å². The first kappa shape index (κ1) is 15.7. The maximum Gasteiger partial charge on any atom is 0.306 e. The summed E-state index contributed by atoms with van der Waals surface area (Å²) >= 11 is 0. The zero-order valence-corrected chi connectivity index (χ0v) is 12.8. The van der Waals surface area contributed by atoms with E-state index in [1.165, 1.54) is 0 Å². The molecule has 1 aliphatic heterocycles. The van der Waals surface area contributed by atoms with Crippen molar-refractivity contribution in [3.8, 4) is 0 Å². The van der Waals surface area contributed by atoms with Gasteiger partial charge >= 0.3 is 5.97 Å². The quantitative estimate of drug-likeness (QED) is 0.660. The second-order valence-corrected chi connectivity index (χ2v) is 7.51. The van der Waals surface area contributed by atoms with Crippen molar-refractivity contribution in [1.29, 1.82) is 0 Å². The summed E-state index contributed by atoms with van der Waals surface area (Å²) in [4.78, 5) is 11.3. The molecule has 0 bridgehead atoms. The minimum atomic E-state index is -3.37. The second kappa shape index (κ2) is 6.87. The summed E-state index contributed by atoms with van der Waals surface area (Å²) in [6, 6.07) is 0.401. The number of nitrogens with zero attached hydrogens (tertiary/aromatic N) is 1. The number of ether oxygens (including phenoxy) is 1. The maximum atomic E-state index is 12.4. The van der Waals surface area contributed by atoms with Crippen LogP contribution in [0.4, 0.5) is 0 Å². The summed E-state index contributed by atoms with van der Waals surface area (Å²) in [5.41, 5.74) is 0. The summed E-state index contributed by atoms with van der Waals surface area (Å²) in [7, 11) is -3.37. The van der Waals surface area contributed by atoms with E-state index < -0.39 is 16.0 Å². The highest BCUT2D eigenvalue weighted by atomic mass is 32.2. The number of esters is 1. The SMILES string of the molecule is CCOC(=O)CCS(=O)(=O)N(CC1CCCN1)C1CC1. The van der Waals surface area contributed by atoms with Crippen LogP contribution in [0, 0.1) is 0 Å². The number of carbonyl (C=O) groups excluding carboxylic acids is 1. The Morgan fingerprint density at radius 2 is 2.10 bits per heavy atom. The molecule has 6 nitrogen and oxygen atoms in total. The van der Waals surface area contributed by atoms with Gasteiger partial charge in [0.2, 0.25) is 10.0 Å². The lowest BCUT2D eigenvalue weighted by atomic mass is 10.2. The zero-order valence-electron chi connectivity index (χ0n) is 12.0. The Morgan fingerprint density at radius 3 is 2.65 bits per heavy atom. The van der Waals surface area contributed by atoms with E-state index >= 15 is 0 Å². The van der Waals surface area contributed by atoms with Crippen molar-refractivity contribution in [2.45, 2.75) is 51.1 Å². The zero-order chi connectivity index (χ0) is 14.6. The molecular formula is C13H24N2O4S. The first-order chi connectivity index (χ1) is 9.53. The van der Waals surface area contributed by atoms with Crippen LogP contribution in [0.3, 0.4) is 0 Å². The standard InChI is InChI=1S/C13H24N2O4S/c1-2-19-13(16)7-9-20(17,18)15(12-5-6-12)10-11-4-3-8-14-11/h11-12,14H,2-10H2,1H3. The van der Waals surface area contributed by atoms with Crippen LogP contribution in [0.15, 0.2) is 0 Å². The van der Waals surface area contributed by atoms with Gasteiger partial charge in [-0.2, -0.15) is 4.31 Å². The molecule has 116 valence electrons. The van der Waals surface area contributed by atoms with Crippen LogP contribution in [-0.4, -0.2) is 56.2 Å².